The van der Waals surface area contributed by atoms with Gasteiger partial charge in [0.05, 0.1) is 11.8 Å². The monoisotopic (exact) mass is 252 g/mol. The van der Waals surface area contributed by atoms with E-state index in [1.165, 1.54) is 12.3 Å². The summed E-state index contributed by atoms with van der Waals surface area (Å²) in [5, 5.41) is 20.9. The number of hydrogen-bond donors (Lipinski definition) is 3. The number of carboxylic acid groups (broad SMARTS) is 1. The van der Waals surface area contributed by atoms with Crippen molar-refractivity contribution in [1.29, 1.82) is 0 Å². The Hall–Kier alpha value is -2.11. The molecule has 0 aliphatic rings. The number of nitrogens with one attached hydrogen (secondary N) is 1. The minimum Gasteiger partial charge on any atom is -0.505 e. The third kappa shape index (κ3) is 3.19. The lowest BCUT2D eigenvalue weighted by molar-refractivity contribution is -0.140. The largest absolute Gasteiger partial charge is 0.505 e. The number of pyridine rings is 1. The molecule has 1 aromatic rings. The summed E-state index contributed by atoms with van der Waals surface area (Å²) in [5.41, 5.74) is 0.0135. The van der Waals surface area contributed by atoms with Crippen molar-refractivity contribution >= 4 is 11.9 Å². The van der Waals surface area contributed by atoms with Crippen molar-refractivity contribution in [3.05, 3.63) is 24.0 Å². The molecule has 0 saturated carbocycles. The molecule has 0 radical (unpaired) electrons. The van der Waals surface area contributed by atoms with Crippen molar-refractivity contribution < 1.29 is 19.8 Å². The van der Waals surface area contributed by atoms with E-state index in [4.69, 9.17) is 5.11 Å². The predicted octanol–water partition coefficient (Wildman–Crippen LogP) is 1.02. The first-order chi connectivity index (χ1) is 8.47. The molecular formula is C12H16N2O4. The summed E-state index contributed by atoms with van der Waals surface area (Å²) in [6.07, 6.45) is 3.11. The van der Waals surface area contributed by atoms with Crippen LogP contribution in [0.3, 0.4) is 0 Å². The molecule has 6 nitrogen and oxygen atoms in total. The zero-order chi connectivity index (χ0) is 13.7. The van der Waals surface area contributed by atoms with Crippen molar-refractivity contribution in [2.45, 2.75) is 26.3 Å². The van der Waals surface area contributed by atoms with E-state index < -0.39 is 17.9 Å². The van der Waals surface area contributed by atoms with Gasteiger partial charge in [0, 0.05) is 6.20 Å². The molecule has 1 aromatic heterocycles. The van der Waals surface area contributed by atoms with Crippen LogP contribution in [0.15, 0.2) is 18.5 Å². The van der Waals surface area contributed by atoms with Crippen LogP contribution in [-0.2, 0) is 4.79 Å². The molecule has 18 heavy (non-hydrogen) atoms. The van der Waals surface area contributed by atoms with Gasteiger partial charge in [0.2, 0.25) is 0 Å². The first kappa shape index (κ1) is 14.0. The number of aromatic nitrogens is 1. The fourth-order valence-electron chi connectivity index (χ4n) is 1.48. The Morgan fingerprint density at radius 3 is 2.67 bits per heavy atom. The van der Waals surface area contributed by atoms with Gasteiger partial charge in [0.1, 0.15) is 11.8 Å². The molecule has 0 aromatic carbocycles. The molecule has 1 amide bonds. The Balaban J connectivity index is 2.86. The van der Waals surface area contributed by atoms with Gasteiger partial charge in [-0.3, -0.25) is 9.78 Å². The lowest BCUT2D eigenvalue weighted by Gasteiger charge is -2.20. The van der Waals surface area contributed by atoms with Crippen molar-refractivity contribution in [2.24, 2.45) is 5.92 Å². The quantitative estimate of drug-likeness (QED) is 0.726. The number of aliphatic carboxylic acids is 1. The van der Waals surface area contributed by atoms with Gasteiger partial charge in [-0.15, -0.1) is 0 Å². The Morgan fingerprint density at radius 2 is 2.17 bits per heavy atom. The lowest BCUT2D eigenvalue weighted by Crippen LogP contribution is -2.45. The highest BCUT2D eigenvalue weighted by Gasteiger charge is 2.26. The maximum atomic E-state index is 11.8. The molecule has 3 N–H and O–H groups in total. The highest BCUT2D eigenvalue weighted by Crippen LogP contribution is 2.15. The Labute approximate surface area is 105 Å². The lowest BCUT2D eigenvalue weighted by atomic mass is 9.99. The first-order valence-electron chi connectivity index (χ1n) is 5.64. The summed E-state index contributed by atoms with van der Waals surface area (Å²) in [5.74, 6) is -2.19. The normalized spacial score (nSPS) is 13.7. The highest BCUT2D eigenvalue weighted by atomic mass is 16.4. The van der Waals surface area contributed by atoms with Gasteiger partial charge < -0.3 is 15.5 Å². The van der Waals surface area contributed by atoms with Crippen molar-refractivity contribution in [3.63, 3.8) is 0 Å². The van der Waals surface area contributed by atoms with E-state index in [9.17, 15) is 14.7 Å². The van der Waals surface area contributed by atoms with Crippen molar-refractivity contribution in [3.8, 4) is 5.75 Å². The average Bonchev–Trinajstić information content (AvgIpc) is 2.35. The van der Waals surface area contributed by atoms with Crippen molar-refractivity contribution in [1.82, 2.24) is 10.3 Å². The summed E-state index contributed by atoms with van der Waals surface area (Å²) in [6, 6.07) is 0.357. The van der Waals surface area contributed by atoms with Crippen LogP contribution in [0.4, 0.5) is 0 Å². The van der Waals surface area contributed by atoms with E-state index in [1.807, 2.05) is 6.92 Å². The van der Waals surface area contributed by atoms with E-state index in [1.54, 1.807) is 6.92 Å². The first-order valence-corrected chi connectivity index (χ1v) is 5.64. The third-order valence-electron chi connectivity index (χ3n) is 2.81. The van der Waals surface area contributed by atoms with Gasteiger partial charge >= 0.3 is 5.97 Å². The van der Waals surface area contributed by atoms with Crippen molar-refractivity contribution in [2.75, 3.05) is 0 Å². The van der Waals surface area contributed by atoms with Gasteiger partial charge in [-0.2, -0.15) is 0 Å². The minimum absolute atomic E-state index is 0.0135. The van der Waals surface area contributed by atoms with Crippen LogP contribution < -0.4 is 5.32 Å². The minimum atomic E-state index is -1.09. The fraction of sp³-hybridized carbons (Fsp3) is 0.417. The SMILES string of the molecule is CCC(C)C(NC(=O)c1ccncc1O)C(=O)O. The Kier molecular flexibility index (Phi) is 4.65. The number of carboxylic acids is 1. The fourth-order valence-corrected chi connectivity index (χ4v) is 1.48. The van der Waals surface area contributed by atoms with Crippen LogP contribution in [0.2, 0.25) is 0 Å². The number of rotatable bonds is 5. The molecule has 0 spiro atoms. The maximum absolute atomic E-state index is 11.8. The smallest absolute Gasteiger partial charge is 0.326 e. The van der Waals surface area contributed by atoms with Gasteiger partial charge in [-0.1, -0.05) is 20.3 Å². The van der Waals surface area contributed by atoms with Gasteiger partial charge in [-0.05, 0) is 12.0 Å². The van der Waals surface area contributed by atoms with Gasteiger partial charge in [0.25, 0.3) is 5.91 Å². The molecule has 0 fully saturated rings. The molecule has 98 valence electrons. The van der Waals surface area contributed by atoms with Crippen LogP contribution in [0.5, 0.6) is 5.75 Å². The van der Waals surface area contributed by atoms with Gasteiger partial charge in [0.15, 0.2) is 0 Å². The number of hydrogen-bond acceptors (Lipinski definition) is 4. The number of carbonyl (C=O) groups excluding carboxylic acids is 1. The summed E-state index contributed by atoms with van der Waals surface area (Å²) >= 11 is 0. The molecule has 1 rings (SSSR count). The van der Waals surface area contributed by atoms with Gasteiger partial charge in [-0.25, -0.2) is 4.79 Å². The molecule has 1 heterocycles. The van der Waals surface area contributed by atoms with E-state index in [-0.39, 0.29) is 17.2 Å². The standard InChI is InChI=1S/C12H16N2O4/c1-3-7(2)10(12(17)18)14-11(16)8-4-5-13-6-9(8)15/h4-7,10,15H,3H2,1-2H3,(H,14,16)(H,17,18). The van der Waals surface area contributed by atoms with E-state index in [0.717, 1.165) is 6.20 Å². The van der Waals surface area contributed by atoms with E-state index in [2.05, 4.69) is 10.3 Å². The number of amides is 1. The Morgan fingerprint density at radius 1 is 1.50 bits per heavy atom. The van der Waals surface area contributed by atoms with Crippen LogP contribution >= 0.6 is 0 Å². The average molecular weight is 252 g/mol. The molecule has 0 aliphatic carbocycles. The summed E-state index contributed by atoms with van der Waals surface area (Å²) in [6.45, 7) is 3.59. The second-order valence-corrected chi connectivity index (χ2v) is 4.07. The molecule has 2 unspecified atom stereocenters. The molecule has 0 aliphatic heterocycles. The van der Waals surface area contributed by atoms with Crippen LogP contribution in [0, 0.1) is 5.92 Å². The molecule has 0 saturated heterocycles. The highest BCUT2D eigenvalue weighted by molar-refractivity contribution is 5.98. The number of aromatic hydroxyl groups is 1. The summed E-state index contributed by atoms with van der Waals surface area (Å²) in [4.78, 5) is 26.5. The summed E-state index contributed by atoms with van der Waals surface area (Å²) < 4.78 is 0. The van der Waals surface area contributed by atoms with Crippen LogP contribution in [-0.4, -0.2) is 33.1 Å². The molecule has 0 bridgehead atoms. The van der Waals surface area contributed by atoms with E-state index in [0.29, 0.717) is 6.42 Å². The van der Waals surface area contributed by atoms with Crippen LogP contribution in [0.25, 0.3) is 0 Å². The maximum Gasteiger partial charge on any atom is 0.326 e. The Bertz CT molecular complexity index is 447. The number of carbonyl (C=O) groups is 2. The van der Waals surface area contributed by atoms with E-state index >= 15 is 0 Å². The third-order valence-corrected chi connectivity index (χ3v) is 2.81. The zero-order valence-electron chi connectivity index (χ0n) is 10.3. The summed E-state index contributed by atoms with van der Waals surface area (Å²) in [7, 11) is 0. The van der Waals surface area contributed by atoms with Crippen LogP contribution in [0.1, 0.15) is 30.6 Å². The molecule has 2 atom stereocenters. The number of nitrogens with zero attached hydrogens (tertiary/aromatic N) is 1. The predicted molar refractivity (Wildman–Crippen MR) is 64.2 cm³/mol. The topological polar surface area (TPSA) is 99.5 Å². The second kappa shape index (κ2) is 6.00. The zero-order valence-corrected chi connectivity index (χ0v) is 10.3. The molecular weight excluding hydrogens is 236 g/mol. The molecule has 6 heteroatoms. The second-order valence-electron chi connectivity index (χ2n) is 4.07.